The van der Waals surface area contributed by atoms with E-state index >= 15 is 0 Å². The Morgan fingerprint density at radius 2 is 2.08 bits per heavy atom. The number of anilines is 2. The van der Waals surface area contributed by atoms with Gasteiger partial charge in [-0.2, -0.15) is 0 Å². The second-order valence-corrected chi connectivity index (χ2v) is 9.06. The third-order valence-electron chi connectivity index (χ3n) is 6.12. The summed E-state index contributed by atoms with van der Waals surface area (Å²) in [6.07, 6.45) is 10.7. The minimum Gasteiger partial charge on any atom is -0.488 e. The minimum atomic E-state index is -0.234. The average molecular weight is 519 g/mol. The number of hydrogen-bond donors (Lipinski definition) is 2. The quantitative estimate of drug-likeness (QED) is 0.260. The van der Waals surface area contributed by atoms with Gasteiger partial charge in [0.1, 0.15) is 30.3 Å². The highest BCUT2D eigenvalue weighted by Crippen LogP contribution is 2.32. The minimum absolute atomic E-state index is 0.0371. The number of aromatic nitrogens is 3. The van der Waals surface area contributed by atoms with Crippen LogP contribution < -0.4 is 10.1 Å². The van der Waals surface area contributed by atoms with E-state index in [1.54, 1.807) is 24.4 Å². The average Bonchev–Trinajstić information content (AvgIpc) is 3.31. The van der Waals surface area contributed by atoms with Crippen LogP contribution in [0.25, 0.3) is 16.6 Å². The number of carbonyl (C=O) groups excluding carboxylic acids is 1. The molecule has 0 saturated carbocycles. The normalized spacial score (nSPS) is 13.3. The number of aliphatic hydroxyl groups excluding tert-OH is 1. The summed E-state index contributed by atoms with van der Waals surface area (Å²) in [5.41, 5.74) is 4.47. The van der Waals surface area contributed by atoms with Gasteiger partial charge in [-0.3, -0.25) is 4.79 Å². The Morgan fingerprint density at radius 3 is 2.86 bits per heavy atom. The van der Waals surface area contributed by atoms with Gasteiger partial charge in [0.15, 0.2) is 6.29 Å². The Morgan fingerprint density at radius 1 is 1.19 bits per heavy atom. The smallest absolute Gasteiger partial charge is 0.151 e. The van der Waals surface area contributed by atoms with E-state index in [2.05, 4.69) is 15.3 Å². The standard InChI is InChI=1S/C28H24ClFN4O3/c29-25-11-22(4-7-27(25)37-16-18-2-1-3-21(30)10-18)33-28-24-12-23(5-6-26(24)31-17-32-28)34-13-19(8-9-35)20(14-34)15-36/h3-7,10-15,17,35H,1-2,8-9,16H2,(H,31,32,33). The maximum atomic E-state index is 13.5. The molecule has 0 fully saturated rings. The topological polar surface area (TPSA) is 89.3 Å². The molecule has 9 heteroatoms. The van der Waals surface area contributed by atoms with Crippen molar-refractivity contribution in [1.29, 1.82) is 0 Å². The molecule has 0 amide bonds. The van der Waals surface area contributed by atoms with Gasteiger partial charge in [0.05, 0.1) is 10.5 Å². The van der Waals surface area contributed by atoms with Crippen molar-refractivity contribution in [2.45, 2.75) is 19.3 Å². The van der Waals surface area contributed by atoms with E-state index in [0.717, 1.165) is 40.4 Å². The van der Waals surface area contributed by atoms with E-state index < -0.39 is 0 Å². The van der Waals surface area contributed by atoms with E-state index in [1.807, 2.05) is 35.0 Å². The van der Waals surface area contributed by atoms with E-state index in [9.17, 15) is 14.3 Å². The maximum absolute atomic E-state index is 13.5. The maximum Gasteiger partial charge on any atom is 0.151 e. The van der Waals surface area contributed by atoms with Crippen molar-refractivity contribution in [2.75, 3.05) is 18.5 Å². The summed E-state index contributed by atoms with van der Waals surface area (Å²) < 4.78 is 21.1. The summed E-state index contributed by atoms with van der Waals surface area (Å²) in [6, 6.07) is 11.1. The fraction of sp³-hybridized carbons (Fsp3) is 0.179. The molecular weight excluding hydrogens is 495 g/mol. The summed E-state index contributed by atoms with van der Waals surface area (Å²) in [5, 5.41) is 13.8. The molecule has 0 aliphatic heterocycles. The van der Waals surface area contributed by atoms with Gasteiger partial charge in [-0.25, -0.2) is 14.4 Å². The molecule has 2 aromatic carbocycles. The monoisotopic (exact) mass is 518 g/mol. The third kappa shape index (κ3) is 5.55. The van der Waals surface area contributed by atoms with Crippen LogP contribution in [0.2, 0.25) is 5.02 Å². The Hall–Kier alpha value is -4.01. The number of aliphatic hydroxyl groups is 1. The molecule has 1 aliphatic carbocycles. The van der Waals surface area contributed by atoms with Crippen LogP contribution in [0.1, 0.15) is 28.8 Å². The predicted molar refractivity (Wildman–Crippen MR) is 142 cm³/mol. The molecule has 2 heterocycles. The fourth-order valence-corrected chi connectivity index (χ4v) is 4.48. The van der Waals surface area contributed by atoms with Crippen LogP contribution in [-0.4, -0.2) is 39.1 Å². The number of fused-ring (bicyclic) bond motifs is 1. The zero-order chi connectivity index (χ0) is 25.8. The van der Waals surface area contributed by atoms with Crippen LogP contribution in [0.3, 0.4) is 0 Å². The van der Waals surface area contributed by atoms with Gasteiger partial charge in [0, 0.05) is 41.3 Å². The molecule has 0 spiro atoms. The highest BCUT2D eigenvalue weighted by Gasteiger charge is 2.12. The second-order valence-electron chi connectivity index (χ2n) is 8.65. The van der Waals surface area contributed by atoms with Gasteiger partial charge in [-0.1, -0.05) is 11.6 Å². The molecule has 1 aliphatic rings. The van der Waals surface area contributed by atoms with E-state index in [-0.39, 0.29) is 19.0 Å². The van der Waals surface area contributed by atoms with Crippen LogP contribution in [0.5, 0.6) is 5.75 Å². The molecule has 4 aromatic rings. The van der Waals surface area contributed by atoms with E-state index in [4.69, 9.17) is 16.3 Å². The lowest BCUT2D eigenvalue weighted by molar-refractivity contribution is 0.112. The molecule has 188 valence electrons. The van der Waals surface area contributed by atoms with Gasteiger partial charge in [0.25, 0.3) is 0 Å². The number of aldehydes is 1. The Balaban J connectivity index is 1.38. The number of halogens is 2. The van der Waals surface area contributed by atoms with Crippen LogP contribution in [0, 0.1) is 0 Å². The van der Waals surface area contributed by atoms with E-state index in [0.29, 0.717) is 40.7 Å². The molecule has 0 atom stereocenters. The van der Waals surface area contributed by atoms with Crippen molar-refractivity contribution in [3.8, 4) is 11.4 Å². The molecule has 0 unspecified atom stereocenters. The number of nitrogens with one attached hydrogen (secondary N) is 1. The molecule has 2 N–H and O–H groups in total. The van der Waals surface area contributed by atoms with Crippen molar-refractivity contribution in [2.24, 2.45) is 0 Å². The van der Waals surface area contributed by atoms with Crippen molar-refractivity contribution in [1.82, 2.24) is 14.5 Å². The van der Waals surface area contributed by atoms with Crippen molar-refractivity contribution in [3.63, 3.8) is 0 Å². The lowest BCUT2D eigenvalue weighted by Crippen LogP contribution is -2.04. The van der Waals surface area contributed by atoms with Gasteiger partial charge < -0.3 is 19.7 Å². The fourth-order valence-electron chi connectivity index (χ4n) is 4.24. The number of rotatable bonds is 9. The Kier molecular flexibility index (Phi) is 7.30. The highest BCUT2D eigenvalue weighted by atomic mass is 35.5. The summed E-state index contributed by atoms with van der Waals surface area (Å²) >= 11 is 6.47. The lowest BCUT2D eigenvalue weighted by Gasteiger charge is -2.14. The Labute approximate surface area is 217 Å². The molecular formula is C28H24ClFN4O3. The van der Waals surface area contributed by atoms with Crippen LogP contribution in [-0.2, 0) is 6.42 Å². The van der Waals surface area contributed by atoms with Crippen LogP contribution in [0.4, 0.5) is 15.9 Å². The summed E-state index contributed by atoms with van der Waals surface area (Å²) in [7, 11) is 0. The predicted octanol–water partition coefficient (Wildman–Crippen LogP) is 6.12. The molecule has 5 rings (SSSR count). The Bertz CT molecular complexity index is 1530. The highest BCUT2D eigenvalue weighted by molar-refractivity contribution is 6.32. The summed E-state index contributed by atoms with van der Waals surface area (Å²) in [4.78, 5) is 20.2. The molecule has 0 saturated heterocycles. The number of nitrogens with zero attached hydrogens (tertiary/aromatic N) is 3. The SMILES string of the molecule is O=Cc1cn(-c2ccc3ncnc(Nc4ccc(OCC5=CC(F)=CCC5)c(Cl)c4)c3c2)cc1CCO. The van der Waals surface area contributed by atoms with Gasteiger partial charge in [0.2, 0.25) is 0 Å². The lowest BCUT2D eigenvalue weighted by atomic mass is 10.1. The zero-order valence-corrected chi connectivity index (χ0v) is 20.6. The largest absolute Gasteiger partial charge is 0.488 e. The van der Waals surface area contributed by atoms with Gasteiger partial charge in [-0.05, 0) is 78.9 Å². The van der Waals surface area contributed by atoms with Crippen LogP contribution >= 0.6 is 11.6 Å². The van der Waals surface area contributed by atoms with Crippen molar-refractivity contribution >= 4 is 40.3 Å². The number of carbonyl (C=O) groups is 1. The van der Waals surface area contributed by atoms with Gasteiger partial charge >= 0.3 is 0 Å². The zero-order valence-electron chi connectivity index (χ0n) is 19.8. The number of hydrogen-bond acceptors (Lipinski definition) is 6. The number of ether oxygens (including phenoxy) is 1. The summed E-state index contributed by atoms with van der Waals surface area (Å²) in [6.45, 7) is 0.239. The summed E-state index contributed by atoms with van der Waals surface area (Å²) in [5.74, 6) is 0.863. The third-order valence-corrected chi connectivity index (χ3v) is 6.42. The first-order chi connectivity index (χ1) is 18.0. The first-order valence-corrected chi connectivity index (χ1v) is 12.2. The molecule has 7 nitrogen and oxygen atoms in total. The van der Waals surface area contributed by atoms with Gasteiger partial charge in [-0.15, -0.1) is 0 Å². The molecule has 0 radical (unpaired) electrons. The van der Waals surface area contributed by atoms with Crippen molar-refractivity contribution < 1.29 is 19.0 Å². The molecule has 2 aromatic heterocycles. The second kappa shape index (κ2) is 10.9. The molecule has 0 bridgehead atoms. The van der Waals surface area contributed by atoms with E-state index in [1.165, 1.54) is 12.4 Å². The first kappa shape index (κ1) is 24.7. The molecule has 37 heavy (non-hydrogen) atoms. The van der Waals surface area contributed by atoms with Crippen molar-refractivity contribution in [3.05, 3.63) is 94.8 Å². The number of benzene rings is 2. The first-order valence-electron chi connectivity index (χ1n) is 11.8. The van der Waals surface area contributed by atoms with Crippen LogP contribution in [0.15, 0.2) is 78.7 Å². The number of allylic oxidation sites excluding steroid dienone is 3.